The lowest BCUT2D eigenvalue weighted by Gasteiger charge is -2.59. The Morgan fingerprint density at radius 1 is 1.00 bits per heavy atom. The van der Waals surface area contributed by atoms with E-state index in [2.05, 4.69) is 0 Å². The van der Waals surface area contributed by atoms with E-state index in [9.17, 15) is 14.7 Å². The van der Waals surface area contributed by atoms with Crippen molar-refractivity contribution in [2.24, 2.45) is 5.92 Å². The Morgan fingerprint density at radius 2 is 1.71 bits per heavy atom. The molecule has 144 valence electrons. The number of hydrogen-bond acceptors (Lipinski definition) is 3. The summed E-state index contributed by atoms with van der Waals surface area (Å²) in [6.07, 6.45) is 3.03. The van der Waals surface area contributed by atoms with Crippen molar-refractivity contribution in [2.75, 3.05) is 18.1 Å². The molecule has 5 heteroatoms. The molecule has 3 atom stereocenters. The van der Waals surface area contributed by atoms with Crippen LogP contribution in [0.3, 0.4) is 0 Å². The van der Waals surface area contributed by atoms with Gasteiger partial charge in [-0.25, -0.2) is 0 Å². The summed E-state index contributed by atoms with van der Waals surface area (Å²) in [5.41, 5.74) is 2.64. The van der Waals surface area contributed by atoms with Crippen molar-refractivity contribution < 1.29 is 14.7 Å². The van der Waals surface area contributed by atoms with Crippen LogP contribution in [0.4, 0.5) is 5.69 Å². The molecule has 2 aromatic rings. The molecule has 2 aromatic carbocycles. The average Bonchev–Trinajstić information content (AvgIpc) is 2.67. The van der Waals surface area contributed by atoms with Crippen LogP contribution in [0, 0.1) is 5.92 Å². The number of aliphatic hydroxyl groups excluding tert-OH is 1. The van der Waals surface area contributed by atoms with E-state index >= 15 is 0 Å². The lowest BCUT2D eigenvalue weighted by molar-refractivity contribution is -0.125. The average molecular weight is 376 g/mol. The summed E-state index contributed by atoms with van der Waals surface area (Å²) in [6.45, 7) is 0.427. The van der Waals surface area contributed by atoms with Crippen molar-refractivity contribution in [3.05, 3.63) is 65.7 Å². The maximum Gasteiger partial charge on any atom is 0.254 e. The minimum atomic E-state index is -0.250. The molecule has 2 fully saturated rings. The van der Waals surface area contributed by atoms with Gasteiger partial charge in [0.1, 0.15) is 0 Å². The topological polar surface area (TPSA) is 60.9 Å². The van der Waals surface area contributed by atoms with E-state index in [-0.39, 0.29) is 42.3 Å². The normalized spacial score (nSPS) is 26.0. The van der Waals surface area contributed by atoms with Crippen LogP contribution < -0.4 is 4.90 Å². The van der Waals surface area contributed by atoms with E-state index < -0.39 is 0 Å². The van der Waals surface area contributed by atoms with Gasteiger partial charge < -0.3 is 14.9 Å². The third-order valence-electron chi connectivity index (χ3n) is 6.66. The maximum absolute atomic E-state index is 13.2. The van der Waals surface area contributed by atoms with Gasteiger partial charge in [-0.3, -0.25) is 9.59 Å². The Hall–Kier alpha value is -2.66. The van der Waals surface area contributed by atoms with Gasteiger partial charge in [0.05, 0.1) is 18.7 Å². The molecule has 1 saturated carbocycles. The predicted molar refractivity (Wildman–Crippen MR) is 106 cm³/mol. The van der Waals surface area contributed by atoms with Gasteiger partial charge in [0.2, 0.25) is 5.91 Å². The minimum absolute atomic E-state index is 0.0688. The highest BCUT2D eigenvalue weighted by Gasteiger charge is 2.55. The Morgan fingerprint density at radius 3 is 2.39 bits per heavy atom. The van der Waals surface area contributed by atoms with Crippen LogP contribution in [0.25, 0.3) is 0 Å². The first-order valence-electron chi connectivity index (χ1n) is 10.1. The van der Waals surface area contributed by atoms with Crippen LogP contribution >= 0.6 is 0 Å². The highest BCUT2D eigenvalue weighted by atomic mass is 16.3. The summed E-state index contributed by atoms with van der Waals surface area (Å²) < 4.78 is 0. The van der Waals surface area contributed by atoms with Crippen LogP contribution in [0.1, 0.15) is 41.1 Å². The van der Waals surface area contributed by atoms with Gasteiger partial charge in [0.15, 0.2) is 0 Å². The van der Waals surface area contributed by atoms with Crippen LogP contribution in [-0.2, 0) is 4.79 Å². The molecule has 3 aliphatic rings. The van der Waals surface area contributed by atoms with Gasteiger partial charge in [-0.2, -0.15) is 0 Å². The summed E-state index contributed by atoms with van der Waals surface area (Å²) in [7, 11) is 0. The second-order valence-corrected chi connectivity index (χ2v) is 8.06. The summed E-state index contributed by atoms with van der Waals surface area (Å²) in [5.74, 6) is 0.281. The molecule has 2 aliphatic heterocycles. The fourth-order valence-corrected chi connectivity index (χ4v) is 4.98. The maximum atomic E-state index is 13.2. The molecule has 0 unspecified atom stereocenters. The third-order valence-corrected chi connectivity index (χ3v) is 6.66. The van der Waals surface area contributed by atoms with Crippen LogP contribution in [0.15, 0.2) is 54.6 Å². The monoisotopic (exact) mass is 376 g/mol. The minimum Gasteiger partial charge on any atom is -0.394 e. The first-order chi connectivity index (χ1) is 13.7. The molecular weight excluding hydrogens is 352 g/mol. The van der Waals surface area contributed by atoms with E-state index in [1.807, 2.05) is 47.4 Å². The zero-order valence-electron chi connectivity index (χ0n) is 15.7. The first-order valence-corrected chi connectivity index (χ1v) is 10.1. The van der Waals surface area contributed by atoms with E-state index in [0.29, 0.717) is 12.1 Å². The number of fused-ring (bicyclic) bond motifs is 3. The number of hydrogen-bond donors (Lipinski definition) is 1. The molecule has 1 N–H and O–H groups in total. The Bertz CT molecular complexity index is 909. The molecular formula is C23H24N2O3. The van der Waals surface area contributed by atoms with Crippen molar-refractivity contribution >= 4 is 17.5 Å². The smallest absolute Gasteiger partial charge is 0.254 e. The number of anilines is 1. The van der Waals surface area contributed by atoms with Crippen molar-refractivity contribution in [2.45, 2.75) is 37.3 Å². The number of carbonyl (C=O) groups excluding carboxylic acids is 2. The number of rotatable bonds is 3. The molecule has 2 heterocycles. The summed E-state index contributed by atoms with van der Waals surface area (Å²) in [5, 5.41) is 10.1. The van der Waals surface area contributed by atoms with Crippen LogP contribution in [-0.4, -0.2) is 47.1 Å². The quantitative estimate of drug-likeness (QED) is 0.896. The summed E-state index contributed by atoms with van der Waals surface area (Å²) in [6, 6.07) is 16.8. The number of nitrogens with zero attached hydrogens (tertiary/aromatic N) is 2. The molecule has 0 radical (unpaired) electrons. The predicted octanol–water partition coefficient (Wildman–Crippen LogP) is 2.80. The van der Waals surface area contributed by atoms with Crippen molar-refractivity contribution in [1.29, 1.82) is 0 Å². The zero-order chi connectivity index (χ0) is 19.3. The molecule has 0 spiro atoms. The second-order valence-electron chi connectivity index (χ2n) is 8.06. The fraction of sp³-hybridized carbons (Fsp3) is 0.391. The standard InChI is InChI=1S/C23H24N2O3/c26-14-20-21-17-11-4-5-12-18(17)24(22(27)15-9-6-10-15)13-19(21)25(20)23(28)16-7-2-1-3-8-16/h1-5,7-8,11-12,15,19-21,26H,6,9-10,13-14H2/t19-,20+,21+/m1/s1. The number of likely N-dealkylation sites (tertiary alicyclic amines) is 1. The zero-order valence-corrected chi connectivity index (χ0v) is 15.7. The van der Waals surface area contributed by atoms with Gasteiger partial charge in [0.25, 0.3) is 5.91 Å². The molecule has 2 amide bonds. The first kappa shape index (κ1) is 17.4. The van der Waals surface area contributed by atoms with E-state index in [1.54, 1.807) is 17.0 Å². The van der Waals surface area contributed by atoms with Gasteiger partial charge >= 0.3 is 0 Å². The molecule has 28 heavy (non-hydrogen) atoms. The third kappa shape index (κ3) is 2.49. The Kier molecular flexibility index (Phi) is 4.20. The number of aliphatic hydroxyl groups is 1. The molecule has 1 saturated heterocycles. The van der Waals surface area contributed by atoms with Crippen molar-refractivity contribution in [3.63, 3.8) is 0 Å². The summed E-state index contributed by atoms with van der Waals surface area (Å²) >= 11 is 0. The molecule has 0 aromatic heterocycles. The number of para-hydroxylation sites is 1. The van der Waals surface area contributed by atoms with Gasteiger partial charge in [-0.15, -0.1) is 0 Å². The Labute approximate surface area is 164 Å². The van der Waals surface area contributed by atoms with Gasteiger partial charge in [-0.1, -0.05) is 42.8 Å². The summed E-state index contributed by atoms with van der Waals surface area (Å²) in [4.78, 5) is 29.9. The highest BCUT2D eigenvalue weighted by Crippen LogP contribution is 2.49. The molecule has 1 aliphatic carbocycles. The van der Waals surface area contributed by atoms with E-state index in [0.717, 1.165) is 30.5 Å². The van der Waals surface area contributed by atoms with Gasteiger partial charge in [-0.05, 0) is 36.6 Å². The van der Waals surface area contributed by atoms with Crippen molar-refractivity contribution in [3.8, 4) is 0 Å². The van der Waals surface area contributed by atoms with E-state index in [1.165, 1.54) is 0 Å². The highest BCUT2D eigenvalue weighted by molar-refractivity contribution is 5.99. The lowest BCUT2D eigenvalue weighted by Crippen LogP contribution is -2.71. The number of amides is 2. The number of carbonyl (C=O) groups is 2. The lowest BCUT2D eigenvalue weighted by atomic mass is 9.71. The molecule has 5 rings (SSSR count). The number of benzene rings is 2. The molecule has 5 nitrogen and oxygen atoms in total. The van der Waals surface area contributed by atoms with Crippen LogP contribution in [0.2, 0.25) is 0 Å². The van der Waals surface area contributed by atoms with Gasteiger partial charge in [0, 0.05) is 29.6 Å². The largest absolute Gasteiger partial charge is 0.394 e. The second kappa shape index (κ2) is 6.74. The SMILES string of the molecule is O=C(C1CCC1)N1C[C@@H]2[C@H](c3ccccc31)[C@H](CO)N2C(=O)c1ccccc1. The fourth-order valence-electron chi connectivity index (χ4n) is 4.98. The Balaban J connectivity index is 1.51. The molecule has 0 bridgehead atoms. The van der Waals surface area contributed by atoms with E-state index in [4.69, 9.17) is 0 Å². The van der Waals surface area contributed by atoms with Crippen LogP contribution in [0.5, 0.6) is 0 Å². The van der Waals surface area contributed by atoms with Crippen molar-refractivity contribution in [1.82, 2.24) is 4.90 Å².